The van der Waals surface area contributed by atoms with Crippen LogP contribution in [0.2, 0.25) is 0 Å². The van der Waals surface area contributed by atoms with E-state index in [1.165, 1.54) is 109 Å². The van der Waals surface area contributed by atoms with Crippen molar-refractivity contribution in [3.05, 3.63) is 0 Å². The van der Waals surface area contributed by atoms with Gasteiger partial charge in [0.1, 0.15) is 0 Å². The number of fused-ring (bicyclic) bond motifs is 10. The zero-order valence-corrected chi connectivity index (χ0v) is 40.6. The Balaban J connectivity index is 0.000000177. The molecule has 0 aromatic carbocycles. The summed E-state index contributed by atoms with van der Waals surface area (Å²) in [6, 6.07) is 0. The molecule has 8 rings (SSSR count). The van der Waals surface area contributed by atoms with E-state index in [1.54, 1.807) is 0 Å². The van der Waals surface area contributed by atoms with Crippen LogP contribution in [0.25, 0.3) is 0 Å². The average molecular weight is 811 g/mol. The molecular formula is C53H95O3P. The molecule has 330 valence electrons. The Morgan fingerprint density at radius 3 is 1.68 bits per heavy atom. The summed E-state index contributed by atoms with van der Waals surface area (Å²) < 4.78 is 6.18. The van der Waals surface area contributed by atoms with Crippen LogP contribution in [0.1, 0.15) is 205 Å². The van der Waals surface area contributed by atoms with Gasteiger partial charge in [0.05, 0.1) is 18.3 Å². The Kier molecular flexibility index (Phi) is 13.9. The number of hydrogen-bond acceptors (Lipinski definition) is 3. The highest BCUT2D eigenvalue weighted by Crippen LogP contribution is 2.70. The Bertz CT molecular complexity index is 1330. The van der Waals surface area contributed by atoms with Gasteiger partial charge in [-0.25, -0.2) is 0 Å². The smallest absolute Gasteiger partial charge is 0.0647 e. The van der Waals surface area contributed by atoms with Gasteiger partial charge >= 0.3 is 0 Å². The molecule has 57 heavy (non-hydrogen) atoms. The van der Waals surface area contributed by atoms with Crippen LogP contribution in [0.15, 0.2) is 0 Å². The number of aliphatic hydroxyl groups excluding tert-OH is 2. The van der Waals surface area contributed by atoms with Crippen molar-refractivity contribution in [2.24, 2.45) is 110 Å². The lowest BCUT2D eigenvalue weighted by Crippen LogP contribution is -2.58. The quantitative estimate of drug-likeness (QED) is 0.228. The molecular weight excluding hydrogens is 716 g/mol. The van der Waals surface area contributed by atoms with E-state index in [0.29, 0.717) is 51.4 Å². The molecule has 0 radical (unpaired) electrons. The van der Waals surface area contributed by atoms with Gasteiger partial charge in [0.25, 0.3) is 0 Å². The topological polar surface area (TPSA) is 49.7 Å². The first-order valence-corrected chi connectivity index (χ1v) is 26.1. The molecule has 8 saturated carbocycles. The van der Waals surface area contributed by atoms with E-state index in [2.05, 4.69) is 85.6 Å². The first-order valence-electron chi connectivity index (χ1n) is 25.7. The maximum Gasteiger partial charge on any atom is 0.0647 e. The van der Waals surface area contributed by atoms with Gasteiger partial charge in [0.15, 0.2) is 0 Å². The van der Waals surface area contributed by atoms with Crippen LogP contribution in [0.3, 0.4) is 0 Å². The molecule has 0 amide bonds. The fraction of sp³-hybridized carbons (Fsp3) is 1.00. The maximum absolute atomic E-state index is 11.4. The molecule has 0 aromatic rings. The standard InChI is InChI=1S/C29H52O2.C24H43OP/c1-7-20(18(2)3)9-8-19(4)23-10-11-24-27-25(13-15-29(23,24)6)28(5)14-12-22(30)16-21(28)17-26(27)31;1-6-16(3)18-7-8-19-22-20(10-12-24(18,19)5)23(4)11-9-15(2)13-17(23)14-21(22)25-26/h18-27,30-31H,7-17H2,1-6H3;15-22H,6-14,26H2,1-5H3/t19-,20-,21+,22?,23-,24?,25?,26?,27+,28+,29-;15?,16-,17+,18-,19?,20?,21?,22+,23+,24-/m11/s1. The zero-order chi connectivity index (χ0) is 41.2. The molecule has 22 atom stereocenters. The molecule has 0 saturated heterocycles. The van der Waals surface area contributed by atoms with Gasteiger partial charge in [-0.2, -0.15) is 0 Å². The summed E-state index contributed by atoms with van der Waals surface area (Å²) >= 11 is 0. The number of aliphatic hydroxyl groups is 2. The molecule has 0 bridgehead atoms. The van der Waals surface area contributed by atoms with Gasteiger partial charge in [0, 0.05) is 9.47 Å². The van der Waals surface area contributed by atoms with E-state index in [4.69, 9.17) is 4.52 Å². The van der Waals surface area contributed by atoms with Crippen molar-refractivity contribution < 1.29 is 14.7 Å². The SMILES string of the molecule is CC[C@@H](C)[C@H]1CCC2[C@@H]3C(OP)C[C@@H]4CC(C)CC[C@]4(C)C3CC[C@@]21C.CC[C@H](CC[C@@H](C)[C@H]1CCC2[C@@H]3C(O)C[C@@H]4CC(O)CC[C@]4(C)C3CC[C@@]21C)C(C)C. The summed E-state index contributed by atoms with van der Waals surface area (Å²) in [6.07, 6.45) is 26.7. The van der Waals surface area contributed by atoms with Crippen LogP contribution in [0, 0.1) is 110 Å². The Hall–Kier alpha value is 0.310. The Morgan fingerprint density at radius 1 is 0.579 bits per heavy atom. The molecule has 9 unspecified atom stereocenters. The lowest BCUT2D eigenvalue weighted by molar-refractivity contribution is -0.174. The van der Waals surface area contributed by atoms with Crippen LogP contribution in [0.4, 0.5) is 0 Å². The normalized spacial score (nSPS) is 51.8. The van der Waals surface area contributed by atoms with Gasteiger partial charge in [-0.15, -0.1) is 0 Å². The van der Waals surface area contributed by atoms with E-state index in [-0.39, 0.29) is 12.2 Å². The van der Waals surface area contributed by atoms with Crippen LogP contribution >= 0.6 is 9.47 Å². The lowest BCUT2D eigenvalue weighted by Gasteiger charge is -2.63. The highest BCUT2D eigenvalue weighted by Gasteiger charge is 2.64. The largest absolute Gasteiger partial charge is 0.393 e. The van der Waals surface area contributed by atoms with E-state index in [9.17, 15) is 10.2 Å². The summed E-state index contributed by atoms with van der Waals surface area (Å²) in [4.78, 5) is 0. The molecule has 4 heteroatoms. The highest BCUT2D eigenvalue weighted by atomic mass is 31.0. The van der Waals surface area contributed by atoms with Crippen LogP contribution < -0.4 is 0 Å². The number of rotatable bonds is 9. The average Bonchev–Trinajstić information content (AvgIpc) is 3.72. The lowest BCUT2D eigenvalue weighted by atomic mass is 9.43. The second kappa shape index (κ2) is 17.5. The van der Waals surface area contributed by atoms with Crippen molar-refractivity contribution in [2.45, 2.75) is 223 Å². The van der Waals surface area contributed by atoms with E-state index in [0.717, 1.165) is 84.4 Å². The fourth-order valence-electron chi connectivity index (χ4n) is 18.7. The minimum absolute atomic E-state index is 0.134. The van der Waals surface area contributed by atoms with Gasteiger partial charge in [-0.3, -0.25) is 0 Å². The first kappa shape index (κ1) is 45.3. The summed E-state index contributed by atoms with van der Waals surface area (Å²) in [5, 5.41) is 21.7. The fourth-order valence-corrected chi connectivity index (χ4v) is 19.0. The Morgan fingerprint density at radius 2 is 1.11 bits per heavy atom. The summed E-state index contributed by atoms with van der Waals surface area (Å²) in [5.41, 5.74) is 1.94. The minimum Gasteiger partial charge on any atom is -0.393 e. The third-order valence-corrected chi connectivity index (χ3v) is 22.7. The zero-order valence-electron chi connectivity index (χ0n) is 39.4. The van der Waals surface area contributed by atoms with Gasteiger partial charge in [0.2, 0.25) is 0 Å². The van der Waals surface area contributed by atoms with Crippen LogP contribution in [0.5, 0.6) is 0 Å². The van der Waals surface area contributed by atoms with Crippen molar-refractivity contribution >= 4 is 9.47 Å². The minimum atomic E-state index is -0.141. The number of hydrogen-bond donors (Lipinski definition) is 2. The van der Waals surface area contributed by atoms with Crippen molar-refractivity contribution in [1.82, 2.24) is 0 Å². The van der Waals surface area contributed by atoms with Gasteiger partial charge in [-0.05, 0) is 213 Å². The van der Waals surface area contributed by atoms with Crippen molar-refractivity contribution in [3.8, 4) is 0 Å². The molecule has 0 aliphatic heterocycles. The maximum atomic E-state index is 11.4. The summed E-state index contributed by atoms with van der Waals surface area (Å²) in [7, 11) is 2.67. The highest BCUT2D eigenvalue weighted by molar-refractivity contribution is 7.09. The molecule has 8 fully saturated rings. The monoisotopic (exact) mass is 811 g/mol. The van der Waals surface area contributed by atoms with Crippen molar-refractivity contribution in [1.29, 1.82) is 0 Å². The molecule has 8 aliphatic rings. The third kappa shape index (κ3) is 7.87. The van der Waals surface area contributed by atoms with Crippen LogP contribution in [-0.2, 0) is 4.52 Å². The van der Waals surface area contributed by atoms with Crippen molar-refractivity contribution in [2.75, 3.05) is 0 Å². The van der Waals surface area contributed by atoms with E-state index < -0.39 is 0 Å². The first-order chi connectivity index (χ1) is 27.0. The molecule has 0 aromatic heterocycles. The molecule has 0 spiro atoms. The Labute approximate surface area is 356 Å². The predicted octanol–water partition coefficient (Wildman–Crippen LogP) is 14.2. The third-order valence-electron chi connectivity index (χ3n) is 22.4. The van der Waals surface area contributed by atoms with E-state index >= 15 is 0 Å². The van der Waals surface area contributed by atoms with Crippen molar-refractivity contribution in [3.63, 3.8) is 0 Å². The molecule has 2 N–H and O–H groups in total. The van der Waals surface area contributed by atoms with Gasteiger partial charge in [-0.1, -0.05) is 102 Å². The van der Waals surface area contributed by atoms with Crippen LogP contribution in [-0.4, -0.2) is 28.5 Å². The molecule has 0 heterocycles. The van der Waals surface area contributed by atoms with Gasteiger partial charge < -0.3 is 14.7 Å². The predicted molar refractivity (Wildman–Crippen MR) is 243 cm³/mol. The van der Waals surface area contributed by atoms with E-state index in [1.807, 2.05) is 0 Å². The summed E-state index contributed by atoms with van der Waals surface area (Å²) in [6.45, 7) is 27.6. The molecule has 8 aliphatic carbocycles. The molecule has 3 nitrogen and oxygen atoms in total. The summed E-state index contributed by atoms with van der Waals surface area (Å²) in [5.74, 6) is 12.0. The second-order valence-corrected chi connectivity index (χ2v) is 25.1. The second-order valence-electron chi connectivity index (χ2n) is 24.8.